The highest BCUT2D eigenvalue weighted by Crippen LogP contribution is 2.18. The zero-order valence-electron chi connectivity index (χ0n) is 11.8. The first-order valence-electron chi connectivity index (χ1n) is 7.08. The number of hydrogen-bond donors (Lipinski definition) is 2. The van der Waals surface area contributed by atoms with Crippen molar-refractivity contribution in [3.63, 3.8) is 0 Å². The minimum absolute atomic E-state index is 0.132. The fraction of sp³-hybridized carbons (Fsp3) is 0.467. The third kappa shape index (κ3) is 4.54. The van der Waals surface area contributed by atoms with Crippen LogP contribution in [-0.4, -0.2) is 41.5 Å². The Morgan fingerprint density at radius 1 is 1.24 bits per heavy atom. The Morgan fingerprint density at radius 3 is 2.57 bits per heavy atom. The van der Waals surface area contributed by atoms with E-state index in [0.717, 1.165) is 36.0 Å². The van der Waals surface area contributed by atoms with E-state index >= 15 is 0 Å². The first-order chi connectivity index (χ1) is 10.1. The molecule has 1 aliphatic rings. The molecule has 5 nitrogen and oxygen atoms in total. The molecule has 1 saturated heterocycles. The summed E-state index contributed by atoms with van der Waals surface area (Å²) >= 11 is 3.36. The van der Waals surface area contributed by atoms with E-state index in [1.165, 1.54) is 6.42 Å². The lowest BCUT2D eigenvalue weighted by molar-refractivity contribution is -0.131. The number of hydrogen-bond acceptors (Lipinski definition) is 3. The SMILES string of the molecule is O=C(O)c1ccc(CNCC(=O)N2CCCCC2)c(Br)c1. The molecule has 0 saturated carbocycles. The fourth-order valence-corrected chi connectivity index (χ4v) is 2.90. The molecule has 114 valence electrons. The number of carboxylic acid groups (broad SMARTS) is 1. The van der Waals surface area contributed by atoms with Crippen molar-refractivity contribution in [3.8, 4) is 0 Å². The molecule has 1 heterocycles. The van der Waals surface area contributed by atoms with Crippen LogP contribution in [0.4, 0.5) is 0 Å². The smallest absolute Gasteiger partial charge is 0.335 e. The van der Waals surface area contributed by atoms with Crippen LogP contribution in [-0.2, 0) is 11.3 Å². The van der Waals surface area contributed by atoms with Gasteiger partial charge in [-0.1, -0.05) is 22.0 Å². The molecule has 6 heteroatoms. The molecule has 0 bridgehead atoms. The molecule has 0 spiro atoms. The van der Waals surface area contributed by atoms with Crippen molar-refractivity contribution in [1.29, 1.82) is 0 Å². The second kappa shape index (κ2) is 7.56. The maximum Gasteiger partial charge on any atom is 0.335 e. The van der Waals surface area contributed by atoms with Crippen LogP contribution in [0.3, 0.4) is 0 Å². The summed E-state index contributed by atoms with van der Waals surface area (Å²) in [5, 5.41) is 12.0. The minimum Gasteiger partial charge on any atom is -0.478 e. The summed E-state index contributed by atoms with van der Waals surface area (Å²) in [5.41, 5.74) is 1.18. The largest absolute Gasteiger partial charge is 0.478 e. The van der Waals surface area contributed by atoms with Crippen molar-refractivity contribution < 1.29 is 14.7 Å². The highest BCUT2D eigenvalue weighted by atomic mass is 79.9. The predicted octanol–water partition coefficient (Wildman–Crippen LogP) is 2.25. The number of piperidine rings is 1. The molecule has 2 rings (SSSR count). The third-order valence-corrected chi connectivity index (χ3v) is 4.34. The standard InChI is InChI=1S/C15H19BrN2O3/c16-13-8-11(15(20)21)4-5-12(13)9-17-10-14(19)18-6-2-1-3-7-18/h4-5,8,17H,1-3,6-7,9-10H2,(H,20,21). The van der Waals surface area contributed by atoms with Gasteiger partial charge in [-0.15, -0.1) is 0 Å². The molecule has 0 aliphatic carbocycles. The van der Waals surface area contributed by atoms with Gasteiger partial charge in [-0.3, -0.25) is 4.79 Å². The van der Waals surface area contributed by atoms with Gasteiger partial charge in [0.25, 0.3) is 0 Å². The van der Waals surface area contributed by atoms with Crippen LogP contribution < -0.4 is 5.32 Å². The molecule has 0 atom stereocenters. The summed E-state index contributed by atoms with van der Waals surface area (Å²) in [6, 6.07) is 4.90. The molecule has 0 radical (unpaired) electrons. The Kier molecular flexibility index (Phi) is 5.76. The summed E-state index contributed by atoms with van der Waals surface area (Å²) in [6.07, 6.45) is 3.39. The number of benzene rings is 1. The molecule has 1 aromatic rings. The molecular weight excluding hydrogens is 336 g/mol. The Balaban J connectivity index is 1.83. The van der Waals surface area contributed by atoms with Gasteiger partial charge in [-0.25, -0.2) is 4.79 Å². The Morgan fingerprint density at radius 2 is 1.95 bits per heavy atom. The Hall–Kier alpha value is -1.40. The van der Waals surface area contributed by atoms with Gasteiger partial charge in [0.15, 0.2) is 0 Å². The van der Waals surface area contributed by atoms with Crippen molar-refractivity contribution in [2.24, 2.45) is 0 Å². The van der Waals surface area contributed by atoms with Crippen LogP contribution in [0.15, 0.2) is 22.7 Å². The van der Waals surface area contributed by atoms with Crippen molar-refractivity contribution in [2.75, 3.05) is 19.6 Å². The molecule has 1 fully saturated rings. The van der Waals surface area contributed by atoms with Crippen molar-refractivity contribution in [1.82, 2.24) is 10.2 Å². The molecule has 0 aromatic heterocycles. The van der Waals surface area contributed by atoms with Crippen LogP contribution >= 0.6 is 15.9 Å². The maximum atomic E-state index is 12.0. The van der Waals surface area contributed by atoms with E-state index in [1.54, 1.807) is 18.2 Å². The van der Waals surface area contributed by atoms with Crippen LogP contribution in [0.2, 0.25) is 0 Å². The van der Waals surface area contributed by atoms with E-state index in [-0.39, 0.29) is 11.5 Å². The van der Waals surface area contributed by atoms with E-state index in [2.05, 4.69) is 21.2 Å². The lowest BCUT2D eigenvalue weighted by atomic mass is 10.1. The molecule has 2 N–H and O–H groups in total. The maximum absolute atomic E-state index is 12.0. The normalized spacial score (nSPS) is 15.0. The van der Waals surface area contributed by atoms with Gasteiger partial charge in [-0.05, 0) is 37.0 Å². The number of nitrogens with one attached hydrogen (secondary N) is 1. The summed E-state index contributed by atoms with van der Waals surface area (Å²) in [4.78, 5) is 24.7. The van der Waals surface area contributed by atoms with E-state index in [4.69, 9.17) is 5.11 Å². The zero-order valence-corrected chi connectivity index (χ0v) is 13.4. The second-order valence-electron chi connectivity index (χ2n) is 5.16. The molecule has 1 aromatic carbocycles. The topological polar surface area (TPSA) is 69.6 Å². The average Bonchev–Trinajstić information content (AvgIpc) is 2.49. The third-order valence-electron chi connectivity index (χ3n) is 3.60. The number of aromatic carboxylic acids is 1. The van der Waals surface area contributed by atoms with Crippen molar-refractivity contribution in [2.45, 2.75) is 25.8 Å². The van der Waals surface area contributed by atoms with Crippen molar-refractivity contribution in [3.05, 3.63) is 33.8 Å². The van der Waals surface area contributed by atoms with Gasteiger partial charge in [0.2, 0.25) is 5.91 Å². The second-order valence-corrected chi connectivity index (χ2v) is 6.01. The van der Waals surface area contributed by atoms with E-state index in [0.29, 0.717) is 13.1 Å². The van der Waals surface area contributed by atoms with Gasteiger partial charge in [0.1, 0.15) is 0 Å². The van der Waals surface area contributed by atoms with Crippen LogP contribution in [0.1, 0.15) is 35.2 Å². The number of carbonyl (C=O) groups excluding carboxylic acids is 1. The van der Waals surface area contributed by atoms with Gasteiger partial charge in [-0.2, -0.15) is 0 Å². The predicted molar refractivity (Wildman–Crippen MR) is 83.2 cm³/mol. The fourth-order valence-electron chi connectivity index (χ4n) is 2.38. The number of carboxylic acids is 1. The van der Waals surface area contributed by atoms with Gasteiger partial charge in [0, 0.05) is 24.1 Å². The van der Waals surface area contributed by atoms with Crippen LogP contribution in [0.25, 0.3) is 0 Å². The summed E-state index contributed by atoms with van der Waals surface area (Å²) in [5.74, 6) is -0.816. The molecule has 1 aliphatic heterocycles. The first kappa shape index (κ1) is 16.0. The van der Waals surface area contributed by atoms with E-state index < -0.39 is 5.97 Å². The lowest BCUT2D eigenvalue weighted by Gasteiger charge is -2.26. The average molecular weight is 355 g/mol. The van der Waals surface area contributed by atoms with Crippen molar-refractivity contribution >= 4 is 27.8 Å². The number of amides is 1. The number of rotatable bonds is 5. The highest BCUT2D eigenvalue weighted by molar-refractivity contribution is 9.10. The Labute approximate surface area is 132 Å². The molecular formula is C15H19BrN2O3. The van der Waals surface area contributed by atoms with E-state index in [1.807, 2.05) is 4.90 Å². The lowest BCUT2D eigenvalue weighted by Crippen LogP contribution is -2.41. The molecule has 21 heavy (non-hydrogen) atoms. The highest BCUT2D eigenvalue weighted by Gasteiger charge is 2.15. The van der Waals surface area contributed by atoms with Gasteiger partial charge >= 0.3 is 5.97 Å². The van der Waals surface area contributed by atoms with Crippen LogP contribution in [0, 0.1) is 0 Å². The van der Waals surface area contributed by atoms with Gasteiger partial charge in [0.05, 0.1) is 12.1 Å². The first-order valence-corrected chi connectivity index (χ1v) is 7.87. The number of likely N-dealkylation sites (tertiary alicyclic amines) is 1. The van der Waals surface area contributed by atoms with Crippen LogP contribution in [0.5, 0.6) is 0 Å². The van der Waals surface area contributed by atoms with E-state index in [9.17, 15) is 9.59 Å². The number of halogens is 1. The van der Waals surface area contributed by atoms with Gasteiger partial charge < -0.3 is 15.3 Å². The Bertz CT molecular complexity index is 528. The number of carbonyl (C=O) groups is 2. The molecule has 0 unspecified atom stereocenters. The summed E-state index contributed by atoms with van der Waals surface area (Å²) < 4.78 is 0.736. The quantitative estimate of drug-likeness (QED) is 0.850. The summed E-state index contributed by atoms with van der Waals surface area (Å²) in [7, 11) is 0. The summed E-state index contributed by atoms with van der Waals surface area (Å²) in [6.45, 7) is 2.56. The monoisotopic (exact) mass is 354 g/mol. The minimum atomic E-state index is -0.949. The number of nitrogens with zero attached hydrogens (tertiary/aromatic N) is 1. The molecule has 1 amide bonds. The zero-order chi connectivity index (χ0) is 15.2.